The van der Waals surface area contributed by atoms with Gasteiger partial charge in [0.25, 0.3) is 0 Å². The molecule has 0 N–H and O–H groups in total. The molecule has 3 heteroatoms. The molecule has 0 spiro atoms. The fourth-order valence-electron chi connectivity index (χ4n) is 0. The van der Waals surface area contributed by atoms with Gasteiger partial charge < -0.3 is 0 Å². The normalized spacial score (nSPS) is 4.50. The quantitative estimate of drug-likeness (QED) is 0.460. The van der Waals surface area contributed by atoms with E-state index in [-0.39, 0.29) is 17.0 Å². The summed E-state index contributed by atoms with van der Waals surface area (Å²) in [7, 11) is 0. The smallest absolute Gasteiger partial charge is 0.163 e. The van der Waals surface area contributed by atoms with Gasteiger partial charge in [-0.05, 0) is 0 Å². The number of rotatable bonds is 0. The lowest BCUT2D eigenvalue weighted by Gasteiger charge is -1.42. The molecule has 0 rings (SSSR count). The predicted octanol–water partition coefficient (Wildman–Crippen LogP) is 1.73. The van der Waals surface area contributed by atoms with Crippen molar-refractivity contribution in [1.82, 2.24) is 0 Å². The van der Waals surface area contributed by atoms with Crippen molar-refractivity contribution in [3.8, 4) is 0 Å². The van der Waals surface area contributed by atoms with E-state index in [2.05, 4.69) is 11.6 Å². The summed E-state index contributed by atoms with van der Waals surface area (Å²) in [5.41, 5.74) is 0. The Hall–Kier alpha value is 0.700. The maximum absolute atomic E-state index is 10.1. The number of halogens is 3. The van der Waals surface area contributed by atoms with Crippen LogP contribution in [0.25, 0.3) is 0 Å². The maximum Gasteiger partial charge on any atom is 0.163 e. The highest BCUT2D eigenvalue weighted by Gasteiger charge is 1.43. The molecule has 0 radical (unpaired) electrons. The average Bonchev–Trinajstić information content (AvgIpc) is 0.918. The summed E-state index contributed by atoms with van der Waals surface area (Å²) in [6, 6.07) is 0. The molecule has 0 aliphatic heterocycles. The minimum Gasteiger partial charge on any atom is -0.234 e. The summed E-state index contributed by atoms with van der Waals surface area (Å²) in [6.45, 7) is 0. The van der Waals surface area contributed by atoms with Crippen LogP contribution in [-0.4, -0.2) is 6.13 Å². The molecule has 0 unspecified atom stereocenters. The van der Waals surface area contributed by atoms with Crippen LogP contribution >= 0.6 is 28.6 Å². The first kappa shape index (κ1) is 8.83. The molecule has 4 heavy (non-hydrogen) atoms. The second kappa shape index (κ2) is 9.33. The van der Waals surface area contributed by atoms with Gasteiger partial charge >= 0.3 is 0 Å². The Balaban J connectivity index is 0. The van der Waals surface area contributed by atoms with Crippen molar-refractivity contribution in [3.05, 3.63) is 0 Å². The molecule has 0 aromatic rings. The van der Waals surface area contributed by atoms with Crippen molar-refractivity contribution in [2.75, 3.05) is 6.13 Å². The summed E-state index contributed by atoms with van der Waals surface area (Å²) in [5, 5.41) is 0. The lowest BCUT2D eigenvalue weighted by atomic mass is 11.8. The van der Waals surface area contributed by atoms with E-state index in [0.29, 0.717) is 0 Å². The van der Waals surface area contributed by atoms with E-state index in [1.165, 1.54) is 0 Å². The van der Waals surface area contributed by atoms with Crippen LogP contribution < -0.4 is 0 Å². The van der Waals surface area contributed by atoms with Gasteiger partial charge in [-0.25, -0.2) is 4.39 Å². The molecule has 0 nitrogen and oxygen atoms in total. The molecule has 0 aromatic heterocycles. The van der Waals surface area contributed by atoms with Crippen LogP contribution in [-0.2, 0) is 0 Å². The number of hydrogen-bond acceptors (Lipinski definition) is 0. The first-order valence-corrected chi connectivity index (χ1v) is 1.07. The minimum absolute atomic E-state index is 0. The highest BCUT2D eigenvalue weighted by Crippen LogP contribution is 1.65. The zero-order valence-electron chi connectivity index (χ0n) is 1.87. The molecule has 28 valence electrons. The molecule has 0 amide bonds. The maximum atomic E-state index is 10.1. The Kier molecular flexibility index (Phi) is 20.6. The van der Waals surface area contributed by atoms with Crippen LogP contribution in [0.3, 0.4) is 0 Å². The largest absolute Gasteiger partial charge is 0.234 e. The zero-order valence-corrected chi connectivity index (χ0v) is 4.34. The van der Waals surface area contributed by atoms with Gasteiger partial charge in [-0.1, -0.05) is 11.6 Å². The van der Waals surface area contributed by atoms with Crippen LogP contribution in [0.4, 0.5) is 4.39 Å². The summed E-state index contributed by atoms with van der Waals surface area (Å²) in [5.74, 6) is 0. The molecular formula is CH3BrClF. The van der Waals surface area contributed by atoms with Crippen LogP contribution in [0.2, 0.25) is 0 Å². The summed E-state index contributed by atoms with van der Waals surface area (Å²) < 4.78 is 10.1. The highest BCUT2D eigenvalue weighted by molar-refractivity contribution is 8.93. The van der Waals surface area contributed by atoms with Gasteiger partial charge in [0.1, 0.15) is 0 Å². The lowest BCUT2D eigenvalue weighted by Crippen LogP contribution is -1.29. The summed E-state index contributed by atoms with van der Waals surface area (Å²) >= 11 is 4.33. The van der Waals surface area contributed by atoms with Crippen LogP contribution in [0, 0.1) is 0 Å². The molecule has 0 aliphatic carbocycles. The third-order valence-electron chi connectivity index (χ3n) is 0. The Bertz CT molecular complexity index is 8.00. The highest BCUT2D eigenvalue weighted by atomic mass is 79.9. The molecular weight excluding hydrogens is 146 g/mol. The summed E-state index contributed by atoms with van der Waals surface area (Å²) in [6.07, 6.45) is -0.778. The minimum atomic E-state index is -0.778. The van der Waals surface area contributed by atoms with Gasteiger partial charge in [-0.15, -0.1) is 17.0 Å². The second-order valence-electron chi connectivity index (χ2n) is 0.101. The van der Waals surface area contributed by atoms with Crippen LogP contribution in [0.5, 0.6) is 0 Å². The Morgan fingerprint density at radius 1 is 1.75 bits per heavy atom. The van der Waals surface area contributed by atoms with Gasteiger partial charge in [0.15, 0.2) is 6.13 Å². The summed E-state index contributed by atoms with van der Waals surface area (Å²) in [4.78, 5) is 0. The third-order valence-corrected chi connectivity index (χ3v) is 0. The van der Waals surface area contributed by atoms with Gasteiger partial charge in [0, 0.05) is 0 Å². The predicted molar refractivity (Wildman–Crippen MR) is 22.1 cm³/mol. The molecule has 0 atom stereocenters. The Morgan fingerprint density at radius 2 is 1.75 bits per heavy atom. The molecule has 0 aliphatic rings. The monoisotopic (exact) mass is 148 g/mol. The standard InChI is InChI=1S/CH2ClF.BrH/c2-1-3;/h1H2;1H. The van der Waals surface area contributed by atoms with Crippen molar-refractivity contribution in [1.29, 1.82) is 0 Å². The van der Waals surface area contributed by atoms with Crippen molar-refractivity contribution < 1.29 is 4.39 Å². The third kappa shape index (κ3) is 15.9. The van der Waals surface area contributed by atoms with Crippen molar-refractivity contribution in [3.63, 3.8) is 0 Å². The molecule has 0 fully saturated rings. The van der Waals surface area contributed by atoms with E-state index < -0.39 is 6.13 Å². The van der Waals surface area contributed by atoms with Crippen LogP contribution in [0.1, 0.15) is 0 Å². The Morgan fingerprint density at radius 3 is 1.75 bits per heavy atom. The Labute approximate surface area is 39.7 Å². The average molecular weight is 149 g/mol. The van der Waals surface area contributed by atoms with E-state index in [9.17, 15) is 4.39 Å². The number of alkyl halides is 2. The van der Waals surface area contributed by atoms with Crippen molar-refractivity contribution >= 4 is 28.6 Å². The van der Waals surface area contributed by atoms with Crippen molar-refractivity contribution in [2.45, 2.75) is 0 Å². The van der Waals surface area contributed by atoms with E-state index in [1.54, 1.807) is 0 Å². The molecule has 0 heterocycles. The van der Waals surface area contributed by atoms with Crippen LogP contribution in [0.15, 0.2) is 0 Å². The van der Waals surface area contributed by atoms with Gasteiger partial charge in [-0.2, -0.15) is 0 Å². The molecule has 0 aromatic carbocycles. The lowest BCUT2D eigenvalue weighted by molar-refractivity contribution is 0.599. The first-order valence-electron chi connectivity index (χ1n) is 0.535. The first-order chi connectivity index (χ1) is 1.41. The van der Waals surface area contributed by atoms with Gasteiger partial charge in [0.05, 0.1) is 0 Å². The topological polar surface area (TPSA) is 0 Å². The van der Waals surface area contributed by atoms with E-state index in [0.717, 1.165) is 0 Å². The fraction of sp³-hybridized carbons (Fsp3) is 1.00. The molecule has 0 bridgehead atoms. The fourth-order valence-corrected chi connectivity index (χ4v) is 0. The van der Waals surface area contributed by atoms with Gasteiger partial charge in [0.2, 0.25) is 0 Å². The van der Waals surface area contributed by atoms with Crippen molar-refractivity contribution in [2.24, 2.45) is 0 Å². The molecule has 0 saturated heterocycles. The van der Waals surface area contributed by atoms with E-state index >= 15 is 0 Å². The van der Waals surface area contributed by atoms with Gasteiger partial charge in [-0.3, -0.25) is 0 Å². The number of hydrogen-bond donors (Lipinski definition) is 0. The van der Waals surface area contributed by atoms with E-state index in [4.69, 9.17) is 0 Å². The van der Waals surface area contributed by atoms with E-state index in [1.807, 2.05) is 0 Å². The second-order valence-corrected chi connectivity index (χ2v) is 0.303. The molecule has 0 saturated carbocycles. The zero-order chi connectivity index (χ0) is 2.71. The SMILES string of the molecule is Br.FCCl.